The van der Waals surface area contributed by atoms with Gasteiger partial charge in [0.15, 0.2) is 0 Å². The van der Waals surface area contributed by atoms with E-state index in [1.54, 1.807) is 0 Å². The van der Waals surface area contributed by atoms with Gasteiger partial charge in [0, 0.05) is 17.4 Å². The lowest BCUT2D eigenvalue weighted by atomic mass is 9.90. The van der Waals surface area contributed by atoms with Gasteiger partial charge < -0.3 is 9.73 Å². The molecular weight excluding hydrogens is 597 g/mol. The average Bonchev–Trinajstić information content (AvgIpc) is 3.57. The lowest BCUT2D eigenvalue weighted by molar-refractivity contribution is 0.547. The molecule has 1 aliphatic carbocycles. The van der Waals surface area contributed by atoms with Gasteiger partial charge in [-0.05, 0) is 69.2 Å². The quantitative estimate of drug-likeness (QED) is 0.198. The minimum atomic E-state index is -0.0139. The Hall–Kier alpha value is -6.19. The van der Waals surface area contributed by atoms with Crippen LogP contribution in [0.15, 0.2) is 173 Å². The zero-order chi connectivity index (χ0) is 32.6. The molecule has 1 aromatic heterocycles. The molecule has 9 rings (SSSR count). The summed E-state index contributed by atoms with van der Waals surface area (Å²) in [4.78, 5) is 5.16. The molecule has 0 saturated heterocycles. The third-order valence-electron chi connectivity index (χ3n) is 9.68. The number of aliphatic imine (C=N–C) groups is 1. The summed E-state index contributed by atoms with van der Waals surface area (Å²) >= 11 is 0. The molecule has 0 fully saturated rings. The van der Waals surface area contributed by atoms with Crippen molar-refractivity contribution in [1.29, 1.82) is 0 Å². The van der Waals surface area contributed by atoms with Crippen molar-refractivity contribution in [3.05, 3.63) is 197 Å². The first-order valence-electron chi connectivity index (χ1n) is 17.0. The monoisotopic (exact) mass is 630 g/mol. The number of allylic oxidation sites excluding steroid dienone is 1. The van der Waals surface area contributed by atoms with E-state index >= 15 is 0 Å². The molecule has 7 aromatic rings. The molecule has 0 bridgehead atoms. The molecule has 1 aliphatic heterocycles. The zero-order valence-corrected chi connectivity index (χ0v) is 27.0. The first-order chi connectivity index (χ1) is 24.3. The Balaban J connectivity index is 1.03. The molecule has 234 valence electrons. The minimum absolute atomic E-state index is 0.0139. The number of hydrogen-bond donors (Lipinski definition) is 1. The van der Waals surface area contributed by atoms with Gasteiger partial charge in [0.1, 0.15) is 17.2 Å². The van der Waals surface area contributed by atoms with Crippen LogP contribution >= 0.6 is 0 Å². The summed E-state index contributed by atoms with van der Waals surface area (Å²) in [7, 11) is 0. The van der Waals surface area contributed by atoms with Crippen molar-refractivity contribution in [3.63, 3.8) is 0 Å². The van der Waals surface area contributed by atoms with Crippen molar-refractivity contribution in [2.75, 3.05) is 0 Å². The first-order valence-corrected chi connectivity index (χ1v) is 17.0. The van der Waals surface area contributed by atoms with Crippen molar-refractivity contribution >= 4 is 34.2 Å². The number of nitrogens with one attached hydrogen (secondary N) is 1. The molecule has 3 heteroatoms. The predicted octanol–water partition coefficient (Wildman–Crippen LogP) is 11.4. The van der Waals surface area contributed by atoms with Crippen LogP contribution in [-0.4, -0.2) is 5.84 Å². The summed E-state index contributed by atoms with van der Waals surface area (Å²) in [5.41, 5.74) is 13.8. The van der Waals surface area contributed by atoms with Crippen LogP contribution < -0.4 is 5.32 Å². The number of rotatable bonds is 6. The van der Waals surface area contributed by atoms with Crippen molar-refractivity contribution in [1.82, 2.24) is 5.32 Å². The van der Waals surface area contributed by atoms with Crippen LogP contribution in [-0.2, 0) is 6.42 Å². The maximum atomic E-state index is 6.67. The molecule has 0 amide bonds. The highest BCUT2D eigenvalue weighted by atomic mass is 16.3. The number of amidine groups is 1. The van der Waals surface area contributed by atoms with E-state index < -0.39 is 0 Å². The molecule has 0 radical (unpaired) electrons. The molecule has 2 heterocycles. The molecule has 0 spiro atoms. The molecular formula is C46H34N2O. The van der Waals surface area contributed by atoms with Crippen LogP contribution in [0.5, 0.6) is 0 Å². The van der Waals surface area contributed by atoms with Gasteiger partial charge in [-0.15, -0.1) is 0 Å². The second-order valence-electron chi connectivity index (χ2n) is 12.7. The molecule has 1 unspecified atom stereocenters. The third kappa shape index (κ3) is 5.60. The second kappa shape index (κ2) is 12.4. The van der Waals surface area contributed by atoms with Gasteiger partial charge in [0.2, 0.25) is 0 Å². The molecule has 1 atom stereocenters. The predicted molar refractivity (Wildman–Crippen MR) is 203 cm³/mol. The summed E-state index contributed by atoms with van der Waals surface area (Å²) in [6.07, 6.45) is 6.33. The van der Waals surface area contributed by atoms with Crippen molar-refractivity contribution < 1.29 is 4.42 Å². The van der Waals surface area contributed by atoms with E-state index in [1.165, 1.54) is 44.5 Å². The van der Waals surface area contributed by atoms with E-state index in [0.29, 0.717) is 0 Å². The molecule has 2 aliphatic rings. The molecule has 1 N–H and O–H groups in total. The Kier molecular flexibility index (Phi) is 7.36. The maximum Gasteiger partial charge on any atom is 0.145 e. The average molecular weight is 631 g/mol. The summed E-state index contributed by atoms with van der Waals surface area (Å²) in [5.74, 6) is 1.86. The summed E-state index contributed by atoms with van der Waals surface area (Å²) in [6.45, 7) is 0. The van der Waals surface area contributed by atoms with E-state index in [2.05, 4.69) is 169 Å². The fraction of sp³-hybridized carbons (Fsp3) is 0.0652. The Morgan fingerprint density at radius 2 is 1.10 bits per heavy atom. The Morgan fingerprint density at radius 1 is 0.531 bits per heavy atom. The number of fused-ring (bicyclic) bond motifs is 3. The van der Waals surface area contributed by atoms with Crippen LogP contribution in [0.1, 0.15) is 46.0 Å². The molecule has 0 saturated carbocycles. The summed E-state index contributed by atoms with van der Waals surface area (Å²) in [6, 6.07) is 55.7. The standard InChI is InChI=1S/C46H34N2O/c1-4-11-31(12-5-1)32-19-21-33(22-20-32)34-23-25-35(26-24-34)38-27-28-44-41(29-38)39-17-10-18-40(45(39)49-44)46-47-42(36-13-6-2-7-14-36)30-43(48-46)37-15-8-3-9-16-37/h1-26,29-30,42H,27-28H2,(H,47,48). The number of aryl methyl sites for hydroxylation is 1. The summed E-state index contributed by atoms with van der Waals surface area (Å²) in [5, 5.41) is 4.84. The highest BCUT2D eigenvalue weighted by molar-refractivity contribution is 6.12. The van der Waals surface area contributed by atoms with Gasteiger partial charge in [-0.3, -0.25) is 0 Å². The van der Waals surface area contributed by atoms with Gasteiger partial charge in [0.25, 0.3) is 0 Å². The fourth-order valence-electron chi connectivity index (χ4n) is 7.09. The Bertz CT molecular complexity index is 2360. The van der Waals surface area contributed by atoms with Gasteiger partial charge in [-0.2, -0.15) is 0 Å². The number of benzene rings is 6. The minimum Gasteiger partial charge on any atom is -0.460 e. The third-order valence-corrected chi connectivity index (χ3v) is 9.68. The lowest BCUT2D eigenvalue weighted by Crippen LogP contribution is -2.31. The van der Waals surface area contributed by atoms with E-state index in [0.717, 1.165) is 52.2 Å². The lowest BCUT2D eigenvalue weighted by Gasteiger charge is -2.24. The van der Waals surface area contributed by atoms with E-state index in [-0.39, 0.29) is 6.04 Å². The van der Waals surface area contributed by atoms with Gasteiger partial charge in [-0.1, -0.05) is 152 Å². The fourth-order valence-corrected chi connectivity index (χ4v) is 7.09. The number of furan rings is 1. The highest BCUT2D eigenvalue weighted by Gasteiger charge is 2.25. The van der Waals surface area contributed by atoms with E-state index in [9.17, 15) is 0 Å². The SMILES string of the molecule is C1=C(c2ccc(-c3ccc(-c4ccccc4)cc3)cc2)CCc2oc3c(C4=NC(c5ccccc5)=CC(c5ccccc5)N4)cccc3c21. The van der Waals surface area contributed by atoms with Crippen LogP contribution in [0.3, 0.4) is 0 Å². The largest absolute Gasteiger partial charge is 0.460 e. The van der Waals surface area contributed by atoms with E-state index in [4.69, 9.17) is 9.41 Å². The molecule has 49 heavy (non-hydrogen) atoms. The molecule has 6 aromatic carbocycles. The second-order valence-corrected chi connectivity index (χ2v) is 12.7. The molecule has 3 nitrogen and oxygen atoms in total. The first kappa shape index (κ1) is 29.0. The smallest absolute Gasteiger partial charge is 0.145 e. The van der Waals surface area contributed by atoms with Crippen LogP contribution in [0.25, 0.3) is 50.6 Å². The highest BCUT2D eigenvalue weighted by Crippen LogP contribution is 2.39. The van der Waals surface area contributed by atoms with E-state index in [1.807, 2.05) is 6.07 Å². The Labute approximate surface area is 286 Å². The zero-order valence-electron chi connectivity index (χ0n) is 27.0. The van der Waals surface area contributed by atoms with Gasteiger partial charge >= 0.3 is 0 Å². The van der Waals surface area contributed by atoms with Crippen LogP contribution in [0.2, 0.25) is 0 Å². The summed E-state index contributed by atoms with van der Waals surface area (Å²) < 4.78 is 6.67. The van der Waals surface area contributed by atoms with Crippen molar-refractivity contribution in [2.24, 2.45) is 4.99 Å². The topological polar surface area (TPSA) is 37.5 Å². The van der Waals surface area contributed by atoms with Gasteiger partial charge in [0.05, 0.1) is 17.3 Å². The van der Waals surface area contributed by atoms with Crippen molar-refractivity contribution in [3.8, 4) is 22.3 Å². The number of hydrogen-bond acceptors (Lipinski definition) is 3. The number of nitrogens with zero attached hydrogens (tertiary/aromatic N) is 1. The number of para-hydroxylation sites is 1. The van der Waals surface area contributed by atoms with Crippen LogP contribution in [0, 0.1) is 0 Å². The van der Waals surface area contributed by atoms with Gasteiger partial charge in [-0.25, -0.2) is 4.99 Å². The van der Waals surface area contributed by atoms with Crippen LogP contribution in [0.4, 0.5) is 0 Å². The maximum absolute atomic E-state index is 6.67. The Morgan fingerprint density at radius 3 is 1.76 bits per heavy atom. The van der Waals surface area contributed by atoms with Crippen molar-refractivity contribution in [2.45, 2.75) is 18.9 Å². The normalized spacial score (nSPS) is 15.5.